The van der Waals surface area contributed by atoms with Crippen molar-refractivity contribution in [3.63, 3.8) is 0 Å². The van der Waals surface area contributed by atoms with Gasteiger partial charge in [0.2, 0.25) is 0 Å². The predicted octanol–water partition coefficient (Wildman–Crippen LogP) is 10.9. The number of nitrogens with zero attached hydrogens (tertiary/aromatic N) is 8. The number of aryl methyl sites for hydroxylation is 2. The molecule has 15 heteroatoms. The van der Waals surface area contributed by atoms with Gasteiger partial charge in [-0.2, -0.15) is 0 Å². The molecule has 14 nitrogen and oxygen atoms in total. The third-order valence-electron chi connectivity index (χ3n) is 15.4. The maximum Gasteiger partial charge on any atom is 0.414 e. The topological polar surface area (TPSA) is 159 Å². The summed E-state index contributed by atoms with van der Waals surface area (Å²) >= 11 is 0. The van der Waals surface area contributed by atoms with Crippen LogP contribution in [0.15, 0.2) is 46.4 Å². The van der Waals surface area contributed by atoms with Crippen LogP contribution in [0, 0.1) is 7.43 Å². The predicted molar refractivity (Wildman–Crippen MR) is 316 cm³/mol. The van der Waals surface area contributed by atoms with Crippen molar-refractivity contribution in [2.75, 3.05) is 79.5 Å². The molecule has 4 aliphatic rings. The molecular weight excluding hydrogens is 1020 g/mol. The van der Waals surface area contributed by atoms with E-state index in [1.54, 1.807) is 0 Å². The molecule has 0 spiro atoms. The Morgan fingerprint density at radius 2 is 0.872 bits per heavy atom. The van der Waals surface area contributed by atoms with E-state index in [2.05, 4.69) is 162 Å². The number of unbranched alkanes of at least 4 members (excludes halogenated alkanes) is 2. The number of hydrogen-bond acceptors (Lipinski definition) is 10. The number of rotatable bonds is 14. The molecule has 3 aromatic carbocycles. The fourth-order valence-electron chi connectivity index (χ4n) is 11.1. The van der Waals surface area contributed by atoms with Crippen LogP contribution in [0.3, 0.4) is 0 Å². The van der Waals surface area contributed by atoms with Crippen molar-refractivity contribution in [2.45, 2.75) is 169 Å². The Morgan fingerprint density at radius 1 is 0.526 bits per heavy atom. The zero-order valence-corrected chi connectivity index (χ0v) is 51.3. The maximum atomic E-state index is 11.9. The van der Waals surface area contributed by atoms with E-state index < -0.39 is 11.9 Å². The Hall–Kier alpha value is -5.41. The molecule has 0 aliphatic carbocycles. The minimum absolute atomic E-state index is 0. The van der Waals surface area contributed by atoms with E-state index in [-0.39, 0.29) is 57.4 Å². The Kier molecular flexibility index (Phi) is 22.7. The number of aliphatic carboxylic acids is 2. The molecule has 4 N–H and O–H groups in total. The second-order valence-electron chi connectivity index (χ2n) is 25.9. The van der Waals surface area contributed by atoms with E-state index >= 15 is 0 Å². The number of carbonyl (C=O) groups is 2. The quantitative estimate of drug-likeness (QED) is 0.0403. The molecule has 78 heavy (non-hydrogen) atoms. The number of carboxylic acid groups (broad SMARTS) is 2. The Balaban J connectivity index is 0.00000155. The molecule has 2 fully saturated rings. The SMILES string of the molecule is C[N+]1=C2N(CCCCc3cc(N=Cc4cc(C(C)(C)C)cc(C(C)(C)C)c4O)c(N=Cc4cc(C(C)(C)C)cc(C(C)(C)C)c4O)cc3CCCCN3CCCN4CCC[N+](C)=C34)CCCN2CCC1.O=C(O)C(=O)O.[CH3-].[Co]. The minimum atomic E-state index is -1.82. The van der Waals surface area contributed by atoms with Gasteiger partial charge >= 0.3 is 23.9 Å². The largest absolute Gasteiger partial charge is 0.507 e. The average molecular weight is 1120 g/mol. The first-order chi connectivity index (χ1) is 35.5. The van der Waals surface area contributed by atoms with Crippen molar-refractivity contribution in [1.29, 1.82) is 0 Å². The van der Waals surface area contributed by atoms with E-state index in [1.807, 2.05) is 12.4 Å². The zero-order chi connectivity index (χ0) is 55.9. The number of fused-ring (bicyclic) bond motifs is 2. The van der Waals surface area contributed by atoms with Gasteiger partial charge in [0.1, 0.15) is 11.5 Å². The molecule has 433 valence electrons. The van der Waals surface area contributed by atoms with Crippen LogP contribution < -0.4 is 0 Å². The molecule has 0 amide bonds. The molecule has 0 atom stereocenters. The van der Waals surface area contributed by atoms with E-state index in [9.17, 15) is 10.2 Å². The van der Waals surface area contributed by atoms with Crippen LogP contribution in [0.5, 0.6) is 11.5 Å². The van der Waals surface area contributed by atoms with Crippen LogP contribution >= 0.6 is 0 Å². The molecule has 1 radical (unpaired) electrons. The minimum Gasteiger partial charge on any atom is -0.507 e. The molecule has 3 aromatic rings. The monoisotopic (exact) mass is 1120 g/mol. The molecule has 2 saturated heterocycles. The number of carboxylic acids is 2. The summed E-state index contributed by atoms with van der Waals surface area (Å²) in [6.07, 6.45) is 14.9. The summed E-state index contributed by atoms with van der Waals surface area (Å²) in [5, 5.41) is 38.6. The van der Waals surface area contributed by atoms with E-state index in [1.165, 1.54) is 74.9 Å². The molecule has 0 aromatic heterocycles. The summed E-state index contributed by atoms with van der Waals surface area (Å²) in [5.41, 5.74) is 9.01. The number of phenolic OH excluding ortho intramolecular Hbond substituents is 2. The third kappa shape index (κ3) is 16.8. The van der Waals surface area contributed by atoms with E-state index in [0.717, 1.165) is 111 Å². The van der Waals surface area contributed by atoms with E-state index in [0.29, 0.717) is 11.1 Å². The van der Waals surface area contributed by atoms with Crippen LogP contribution in [-0.2, 0) is 60.9 Å². The van der Waals surface area contributed by atoms with Crippen LogP contribution in [-0.4, -0.2) is 165 Å². The molecule has 4 aliphatic heterocycles. The van der Waals surface area contributed by atoms with Gasteiger partial charge in [0.15, 0.2) is 0 Å². The Bertz CT molecular complexity index is 2520. The van der Waals surface area contributed by atoms with Gasteiger partial charge in [-0.3, -0.25) is 38.7 Å². The number of hydrogen-bond donors (Lipinski definition) is 4. The number of guanidine groups is 2. The number of phenols is 2. The van der Waals surface area contributed by atoms with Gasteiger partial charge in [0, 0.05) is 77.1 Å². The van der Waals surface area contributed by atoms with Crippen molar-refractivity contribution >= 4 is 47.7 Å². The molecule has 0 saturated carbocycles. The van der Waals surface area contributed by atoms with Crippen LogP contribution in [0.4, 0.5) is 11.4 Å². The first kappa shape index (κ1) is 65.1. The summed E-state index contributed by atoms with van der Waals surface area (Å²) in [6.45, 7) is 37.6. The first-order valence-electron chi connectivity index (χ1n) is 28.2. The van der Waals surface area contributed by atoms with Crippen molar-refractivity contribution in [3.05, 3.63) is 88.3 Å². The van der Waals surface area contributed by atoms with Crippen LogP contribution in [0.2, 0.25) is 0 Å². The molecular formula is C63H97CoN8O6+. The van der Waals surface area contributed by atoms with Gasteiger partial charge in [-0.25, -0.2) is 9.59 Å². The second-order valence-corrected chi connectivity index (χ2v) is 25.9. The number of benzene rings is 3. The van der Waals surface area contributed by atoms with E-state index in [4.69, 9.17) is 29.8 Å². The number of aliphatic imine (C=N–C) groups is 2. The maximum absolute atomic E-state index is 11.9. The van der Waals surface area contributed by atoms with Crippen molar-refractivity contribution in [3.8, 4) is 11.5 Å². The first-order valence-corrected chi connectivity index (χ1v) is 28.2. The summed E-state index contributed by atoms with van der Waals surface area (Å²) in [6, 6.07) is 13.1. The molecule has 7 rings (SSSR count). The Morgan fingerprint density at radius 3 is 1.19 bits per heavy atom. The van der Waals surface area contributed by atoms with Gasteiger partial charge in [-0.15, -0.1) is 0 Å². The van der Waals surface area contributed by atoms with Gasteiger partial charge < -0.3 is 27.9 Å². The molecule has 0 bridgehead atoms. The standard InChI is InChI=1S/C60H90N8O2.C2H2O4.CH3.Co/c1-57(2,3)47-35-45(53(69)49(39-47)59(7,8)9)41-61-51-37-43(23-15-17-27-65-31-21-33-67-29-19-25-63(13)55(65)67)44(24-16-18-28-66-32-22-34-68-30-20-26-64(14)56(66)68)38-52(51)62-42-46-36-48(58(4,5)6)40-50(54(46)70)60(10,11)12;3-1(4)2(5)6;;/h35-42H,15-34H2,1-14H3;(H,3,4)(H,5,6);1H3;/q;;-1;/p+2. The number of aromatic hydroxyl groups is 2. The van der Waals surface area contributed by atoms with Gasteiger partial charge in [-0.05, 0) is 107 Å². The van der Waals surface area contributed by atoms with Crippen molar-refractivity contribution in [2.24, 2.45) is 9.98 Å². The second kappa shape index (κ2) is 27.2. The van der Waals surface area contributed by atoms with Crippen LogP contribution in [0.1, 0.15) is 179 Å². The van der Waals surface area contributed by atoms with Gasteiger partial charge in [-0.1, -0.05) is 95.2 Å². The van der Waals surface area contributed by atoms with Gasteiger partial charge in [0.25, 0.3) is 0 Å². The molecule has 0 unspecified atom stereocenters. The molecule has 4 heterocycles. The normalized spacial score (nSPS) is 16.4. The zero-order valence-electron chi connectivity index (χ0n) is 50.3. The fourth-order valence-corrected chi connectivity index (χ4v) is 11.1. The fraction of sp³-hybridized carbons (Fsp3) is 0.603. The average Bonchev–Trinajstić information content (AvgIpc) is 3.33. The van der Waals surface area contributed by atoms with Crippen molar-refractivity contribution < 1.29 is 55.9 Å². The summed E-state index contributed by atoms with van der Waals surface area (Å²) < 4.78 is 4.94. The van der Waals surface area contributed by atoms with Gasteiger partial charge in [0.05, 0.1) is 90.9 Å². The third-order valence-corrected chi connectivity index (χ3v) is 15.4. The summed E-state index contributed by atoms with van der Waals surface area (Å²) in [7, 11) is 4.53. The summed E-state index contributed by atoms with van der Waals surface area (Å²) in [4.78, 5) is 39.3. The summed E-state index contributed by atoms with van der Waals surface area (Å²) in [5.74, 6) is -0.249. The smallest absolute Gasteiger partial charge is 0.414 e. The Labute approximate surface area is 479 Å². The van der Waals surface area contributed by atoms with Crippen molar-refractivity contribution in [1.82, 2.24) is 19.6 Å². The van der Waals surface area contributed by atoms with Crippen LogP contribution in [0.25, 0.3) is 0 Å².